The summed E-state index contributed by atoms with van der Waals surface area (Å²) in [7, 11) is 1.54. The Bertz CT molecular complexity index is 998. The van der Waals surface area contributed by atoms with Gasteiger partial charge in [-0.15, -0.1) is 0 Å². The number of nitrogens with zero attached hydrogens (tertiary/aromatic N) is 3. The number of hydrogen-bond donors (Lipinski definition) is 1. The van der Waals surface area contributed by atoms with Gasteiger partial charge in [0.15, 0.2) is 0 Å². The number of nitrogens with one attached hydrogen (secondary N) is 1. The maximum absolute atomic E-state index is 13.3. The molecule has 1 aliphatic rings. The number of benzene rings is 1. The molecule has 3 aromatic rings. The van der Waals surface area contributed by atoms with Crippen LogP contribution in [0.15, 0.2) is 42.6 Å². The second kappa shape index (κ2) is 6.79. The SMILES string of the molecule is COc1cc(-c2cc3n(n2)CCC3NC(=O)c2cc(F)cc(F)c2)ccn1. The number of aryl methyl sites for hydroxylation is 1. The molecule has 1 aromatic carbocycles. The molecule has 0 saturated carbocycles. The predicted molar refractivity (Wildman–Crippen MR) is 93.2 cm³/mol. The van der Waals surface area contributed by atoms with E-state index < -0.39 is 17.5 Å². The molecular weight excluding hydrogens is 354 g/mol. The summed E-state index contributed by atoms with van der Waals surface area (Å²) in [5, 5.41) is 7.38. The van der Waals surface area contributed by atoms with Gasteiger partial charge in [0.05, 0.1) is 24.5 Å². The number of rotatable bonds is 4. The normalized spacial score (nSPS) is 15.4. The number of carbonyl (C=O) groups excluding carboxylic acids is 1. The Hall–Kier alpha value is -3.29. The summed E-state index contributed by atoms with van der Waals surface area (Å²) in [6.45, 7) is 0.639. The van der Waals surface area contributed by atoms with Gasteiger partial charge in [-0.1, -0.05) is 0 Å². The number of hydrogen-bond acceptors (Lipinski definition) is 4. The number of amides is 1. The van der Waals surface area contributed by atoms with Gasteiger partial charge in [0.25, 0.3) is 5.91 Å². The molecule has 1 atom stereocenters. The minimum Gasteiger partial charge on any atom is -0.481 e. The van der Waals surface area contributed by atoms with E-state index in [0.717, 1.165) is 35.2 Å². The molecule has 1 amide bonds. The molecule has 1 unspecified atom stereocenters. The molecule has 0 radical (unpaired) electrons. The van der Waals surface area contributed by atoms with Gasteiger partial charge in [-0.05, 0) is 30.7 Å². The molecule has 0 fully saturated rings. The van der Waals surface area contributed by atoms with Crippen LogP contribution in [0.4, 0.5) is 8.78 Å². The van der Waals surface area contributed by atoms with Crippen LogP contribution >= 0.6 is 0 Å². The summed E-state index contributed by atoms with van der Waals surface area (Å²) >= 11 is 0. The number of ether oxygens (including phenoxy) is 1. The van der Waals surface area contributed by atoms with Crippen molar-refractivity contribution in [1.82, 2.24) is 20.1 Å². The Balaban J connectivity index is 1.56. The van der Waals surface area contributed by atoms with Gasteiger partial charge in [-0.25, -0.2) is 13.8 Å². The molecule has 6 nitrogen and oxygen atoms in total. The van der Waals surface area contributed by atoms with Crippen LogP contribution in [0.25, 0.3) is 11.3 Å². The van der Waals surface area contributed by atoms with Crippen molar-refractivity contribution in [3.63, 3.8) is 0 Å². The molecule has 1 aliphatic heterocycles. The minimum absolute atomic E-state index is 0.0513. The van der Waals surface area contributed by atoms with E-state index in [1.165, 1.54) is 0 Å². The summed E-state index contributed by atoms with van der Waals surface area (Å²) in [6, 6.07) is 7.97. The van der Waals surface area contributed by atoms with Gasteiger partial charge in [-0.2, -0.15) is 5.10 Å². The molecular formula is C19H16F2N4O2. The molecule has 0 bridgehead atoms. The average molecular weight is 370 g/mol. The highest BCUT2D eigenvalue weighted by molar-refractivity contribution is 5.94. The van der Waals surface area contributed by atoms with Crippen molar-refractivity contribution in [1.29, 1.82) is 0 Å². The van der Waals surface area contributed by atoms with Crippen molar-refractivity contribution in [2.45, 2.75) is 19.0 Å². The second-order valence-electron chi connectivity index (χ2n) is 6.24. The molecule has 0 spiro atoms. The Morgan fingerprint density at radius 3 is 2.74 bits per heavy atom. The van der Waals surface area contributed by atoms with E-state index in [2.05, 4.69) is 15.4 Å². The van der Waals surface area contributed by atoms with Crippen LogP contribution in [-0.4, -0.2) is 27.8 Å². The summed E-state index contributed by atoms with van der Waals surface area (Å²) < 4.78 is 33.6. The third-order valence-corrected chi connectivity index (χ3v) is 4.47. The summed E-state index contributed by atoms with van der Waals surface area (Å²) in [4.78, 5) is 16.5. The number of pyridine rings is 1. The van der Waals surface area contributed by atoms with Crippen molar-refractivity contribution < 1.29 is 18.3 Å². The zero-order valence-electron chi connectivity index (χ0n) is 14.4. The molecule has 27 heavy (non-hydrogen) atoms. The molecule has 0 aliphatic carbocycles. The Morgan fingerprint density at radius 2 is 2.00 bits per heavy atom. The third-order valence-electron chi connectivity index (χ3n) is 4.47. The van der Waals surface area contributed by atoms with Gasteiger partial charge in [0, 0.05) is 36.0 Å². The first-order chi connectivity index (χ1) is 13.0. The largest absolute Gasteiger partial charge is 0.481 e. The van der Waals surface area contributed by atoms with E-state index in [0.29, 0.717) is 18.8 Å². The zero-order chi connectivity index (χ0) is 19.0. The van der Waals surface area contributed by atoms with Crippen LogP contribution in [-0.2, 0) is 6.54 Å². The molecule has 2 aromatic heterocycles. The highest BCUT2D eigenvalue weighted by atomic mass is 19.1. The second-order valence-corrected chi connectivity index (χ2v) is 6.24. The fourth-order valence-electron chi connectivity index (χ4n) is 3.18. The van der Waals surface area contributed by atoms with Crippen molar-refractivity contribution in [3.8, 4) is 17.1 Å². The quantitative estimate of drug-likeness (QED) is 0.766. The first kappa shape index (κ1) is 17.1. The molecule has 3 heterocycles. The van der Waals surface area contributed by atoms with Crippen molar-refractivity contribution in [3.05, 3.63) is 65.5 Å². The van der Waals surface area contributed by atoms with Gasteiger partial charge >= 0.3 is 0 Å². The lowest BCUT2D eigenvalue weighted by Crippen LogP contribution is -2.27. The highest BCUT2D eigenvalue weighted by Gasteiger charge is 2.27. The fourth-order valence-corrected chi connectivity index (χ4v) is 3.18. The van der Waals surface area contributed by atoms with Crippen LogP contribution in [0.2, 0.25) is 0 Å². The first-order valence-electron chi connectivity index (χ1n) is 8.38. The summed E-state index contributed by atoms with van der Waals surface area (Å²) in [5.41, 5.74) is 2.37. The Labute approximate surface area is 153 Å². The predicted octanol–water partition coefficient (Wildman–Crippen LogP) is 3.11. The zero-order valence-corrected chi connectivity index (χ0v) is 14.4. The van der Waals surface area contributed by atoms with Crippen LogP contribution in [0.3, 0.4) is 0 Å². The van der Waals surface area contributed by atoms with Crippen molar-refractivity contribution >= 4 is 5.91 Å². The van der Waals surface area contributed by atoms with Crippen LogP contribution < -0.4 is 10.1 Å². The van der Waals surface area contributed by atoms with Crippen LogP contribution in [0, 0.1) is 11.6 Å². The maximum Gasteiger partial charge on any atom is 0.252 e. The minimum atomic E-state index is -0.787. The van der Waals surface area contributed by atoms with E-state index in [1.54, 1.807) is 19.4 Å². The fraction of sp³-hybridized carbons (Fsp3) is 0.211. The van der Waals surface area contributed by atoms with Crippen molar-refractivity contribution in [2.75, 3.05) is 7.11 Å². The van der Waals surface area contributed by atoms with Gasteiger partial charge in [0.2, 0.25) is 5.88 Å². The van der Waals surface area contributed by atoms with E-state index in [1.807, 2.05) is 16.8 Å². The number of aromatic nitrogens is 3. The van der Waals surface area contributed by atoms with Gasteiger partial charge in [-0.3, -0.25) is 9.48 Å². The molecule has 0 saturated heterocycles. The molecule has 1 N–H and O–H groups in total. The lowest BCUT2D eigenvalue weighted by Gasteiger charge is -2.12. The molecule has 8 heteroatoms. The van der Waals surface area contributed by atoms with E-state index in [9.17, 15) is 13.6 Å². The maximum atomic E-state index is 13.3. The third kappa shape index (κ3) is 3.38. The van der Waals surface area contributed by atoms with Gasteiger partial charge < -0.3 is 10.1 Å². The molecule has 138 valence electrons. The van der Waals surface area contributed by atoms with Gasteiger partial charge in [0.1, 0.15) is 11.6 Å². The summed E-state index contributed by atoms with van der Waals surface area (Å²) in [6.07, 6.45) is 2.29. The topological polar surface area (TPSA) is 69.0 Å². The average Bonchev–Trinajstić information content (AvgIpc) is 3.23. The lowest BCUT2D eigenvalue weighted by atomic mass is 10.1. The van der Waals surface area contributed by atoms with E-state index in [4.69, 9.17) is 4.74 Å². The summed E-state index contributed by atoms with van der Waals surface area (Å²) in [5.74, 6) is -1.62. The van der Waals surface area contributed by atoms with E-state index >= 15 is 0 Å². The number of fused-ring (bicyclic) bond motifs is 1. The van der Waals surface area contributed by atoms with Crippen molar-refractivity contribution in [2.24, 2.45) is 0 Å². The first-order valence-corrected chi connectivity index (χ1v) is 8.38. The monoisotopic (exact) mass is 370 g/mol. The molecule has 4 rings (SSSR count). The standard InChI is InChI=1S/C19H16F2N4O2/c1-27-18-8-11(2-4-22-18)16-10-17-15(3-5-25(17)24-16)23-19(26)12-6-13(20)9-14(21)7-12/h2,4,6-10,15H,3,5H2,1H3,(H,23,26). The Morgan fingerprint density at radius 1 is 1.22 bits per heavy atom. The number of carbonyl (C=O) groups is 1. The smallest absolute Gasteiger partial charge is 0.252 e. The lowest BCUT2D eigenvalue weighted by molar-refractivity contribution is 0.0935. The van der Waals surface area contributed by atoms with Crippen LogP contribution in [0.1, 0.15) is 28.5 Å². The number of methoxy groups -OCH3 is 1. The van der Waals surface area contributed by atoms with Crippen LogP contribution in [0.5, 0.6) is 5.88 Å². The van der Waals surface area contributed by atoms with E-state index in [-0.39, 0.29) is 11.6 Å². The highest BCUT2D eigenvalue weighted by Crippen LogP contribution is 2.30. The Kier molecular flexibility index (Phi) is 4.31. The number of halogens is 2.